The maximum absolute atomic E-state index is 10.6. The minimum Gasteiger partial charge on any atom is -0.465 e. The molecular formula is C6H10N2O3. The molecule has 5 heteroatoms. The highest BCUT2D eigenvalue weighted by molar-refractivity contribution is 5.84. The molecule has 1 atom stereocenters. The van der Waals surface area contributed by atoms with E-state index in [4.69, 9.17) is 10.8 Å². The predicted molar refractivity (Wildman–Crippen MR) is 36.9 cm³/mol. The fourth-order valence-corrected chi connectivity index (χ4v) is 1.29. The smallest absolute Gasteiger partial charge is 0.407 e. The van der Waals surface area contributed by atoms with Crippen LogP contribution in [0.25, 0.3) is 0 Å². The summed E-state index contributed by atoms with van der Waals surface area (Å²) >= 11 is 0. The fourth-order valence-electron chi connectivity index (χ4n) is 1.29. The SMILES string of the molecule is NC(=O)[C@@H]1CCCN1C(=O)O. The molecule has 1 aliphatic rings. The lowest BCUT2D eigenvalue weighted by Gasteiger charge is -2.17. The summed E-state index contributed by atoms with van der Waals surface area (Å²) in [4.78, 5) is 22.2. The second-order valence-corrected chi connectivity index (χ2v) is 2.54. The van der Waals surface area contributed by atoms with Crippen LogP contribution in [0.5, 0.6) is 0 Å². The molecule has 5 nitrogen and oxygen atoms in total. The van der Waals surface area contributed by atoms with Gasteiger partial charge in [0.05, 0.1) is 0 Å². The number of carbonyl (C=O) groups excluding carboxylic acids is 1. The normalized spacial score (nSPS) is 23.6. The van der Waals surface area contributed by atoms with Crippen molar-refractivity contribution in [3.05, 3.63) is 0 Å². The Kier molecular flexibility index (Phi) is 1.98. The maximum Gasteiger partial charge on any atom is 0.407 e. The number of carbonyl (C=O) groups is 2. The number of primary amides is 1. The Morgan fingerprint density at radius 3 is 2.55 bits per heavy atom. The lowest BCUT2D eigenvalue weighted by atomic mass is 10.2. The van der Waals surface area contributed by atoms with E-state index in [9.17, 15) is 9.59 Å². The Hall–Kier alpha value is -1.26. The zero-order chi connectivity index (χ0) is 8.43. The van der Waals surface area contributed by atoms with Gasteiger partial charge >= 0.3 is 6.09 Å². The van der Waals surface area contributed by atoms with Gasteiger partial charge in [-0.15, -0.1) is 0 Å². The Bertz CT molecular complexity index is 172. The topological polar surface area (TPSA) is 83.6 Å². The number of nitrogens with zero attached hydrogens (tertiary/aromatic N) is 1. The summed E-state index contributed by atoms with van der Waals surface area (Å²) in [6, 6.07) is -0.604. The Balaban J connectivity index is 2.65. The number of carboxylic acid groups (broad SMARTS) is 1. The Morgan fingerprint density at radius 2 is 2.18 bits per heavy atom. The van der Waals surface area contributed by atoms with E-state index in [1.165, 1.54) is 0 Å². The van der Waals surface area contributed by atoms with E-state index in [1.54, 1.807) is 0 Å². The average Bonchev–Trinajstić information content (AvgIpc) is 2.32. The molecule has 0 unspecified atom stereocenters. The number of hydrogen-bond donors (Lipinski definition) is 2. The van der Waals surface area contributed by atoms with Gasteiger partial charge in [-0.05, 0) is 12.8 Å². The number of rotatable bonds is 1. The van der Waals surface area contributed by atoms with Crippen molar-refractivity contribution in [1.82, 2.24) is 4.90 Å². The van der Waals surface area contributed by atoms with Gasteiger partial charge in [-0.1, -0.05) is 0 Å². The summed E-state index contributed by atoms with van der Waals surface area (Å²) in [5, 5.41) is 8.55. The molecule has 1 saturated heterocycles. The van der Waals surface area contributed by atoms with Gasteiger partial charge in [-0.3, -0.25) is 9.69 Å². The minimum atomic E-state index is -1.06. The molecule has 0 radical (unpaired) electrons. The lowest BCUT2D eigenvalue weighted by molar-refractivity contribution is -0.121. The van der Waals surface area contributed by atoms with E-state index in [1.807, 2.05) is 0 Å². The third-order valence-corrected chi connectivity index (χ3v) is 1.83. The summed E-state index contributed by atoms with van der Waals surface area (Å²) in [5.74, 6) is -0.551. The quantitative estimate of drug-likeness (QED) is 0.545. The summed E-state index contributed by atoms with van der Waals surface area (Å²) < 4.78 is 0. The van der Waals surface area contributed by atoms with Gasteiger partial charge in [-0.2, -0.15) is 0 Å². The van der Waals surface area contributed by atoms with Gasteiger partial charge in [0.2, 0.25) is 5.91 Å². The first-order chi connectivity index (χ1) is 5.13. The van der Waals surface area contributed by atoms with E-state index >= 15 is 0 Å². The van der Waals surface area contributed by atoms with Crippen LogP contribution >= 0.6 is 0 Å². The largest absolute Gasteiger partial charge is 0.465 e. The van der Waals surface area contributed by atoms with Crippen molar-refractivity contribution in [3.8, 4) is 0 Å². The molecule has 1 fully saturated rings. The molecule has 0 spiro atoms. The first kappa shape index (κ1) is 7.84. The minimum absolute atomic E-state index is 0.420. The summed E-state index contributed by atoms with van der Waals surface area (Å²) in [5.41, 5.74) is 4.98. The first-order valence-corrected chi connectivity index (χ1v) is 3.42. The van der Waals surface area contributed by atoms with Gasteiger partial charge in [0, 0.05) is 6.54 Å². The van der Waals surface area contributed by atoms with Crippen molar-refractivity contribution in [2.24, 2.45) is 5.73 Å². The molecule has 2 amide bonds. The molecule has 1 aliphatic heterocycles. The Labute approximate surface area is 63.8 Å². The molecule has 0 saturated carbocycles. The van der Waals surface area contributed by atoms with E-state index in [-0.39, 0.29) is 0 Å². The van der Waals surface area contributed by atoms with Crippen molar-refractivity contribution in [3.63, 3.8) is 0 Å². The third kappa shape index (κ3) is 1.42. The monoisotopic (exact) mass is 158 g/mol. The summed E-state index contributed by atoms with van der Waals surface area (Å²) in [6.45, 7) is 0.420. The molecule has 11 heavy (non-hydrogen) atoms. The van der Waals surface area contributed by atoms with Gasteiger partial charge in [0.25, 0.3) is 0 Å². The highest BCUT2D eigenvalue weighted by atomic mass is 16.4. The van der Waals surface area contributed by atoms with Crippen LogP contribution in [-0.4, -0.2) is 34.6 Å². The van der Waals surface area contributed by atoms with Gasteiger partial charge in [-0.25, -0.2) is 4.79 Å². The molecule has 1 heterocycles. The zero-order valence-corrected chi connectivity index (χ0v) is 5.99. The van der Waals surface area contributed by atoms with Crippen LogP contribution in [0.15, 0.2) is 0 Å². The maximum atomic E-state index is 10.6. The fraction of sp³-hybridized carbons (Fsp3) is 0.667. The summed E-state index contributed by atoms with van der Waals surface area (Å²) in [6.07, 6.45) is 0.216. The van der Waals surface area contributed by atoms with Crippen molar-refractivity contribution in [2.45, 2.75) is 18.9 Å². The molecule has 0 aromatic heterocycles. The molecule has 3 N–H and O–H groups in total. The van der Waals surface area contributed by atoms with Crippen molar-refractivity contribution < 1.29 is 14.7 Å². The average molecular weight is 158 g/mol. The van der Waals surface area contributed by atoms with Crippen LogP contribution in [0.4, 0.5) is 4.79 Å². The van der Waals surface area contributed by atoms with E-state index in [0.717, 1.165) is 11.3 Å². The number of likely N-dealkylation sites (tertiary alicyclic amines) is 1. The van der Waals surface area contributed by atoms with Crippen molar-refractivity contribution >= 4 is 12.0 Å². The predicted octanol–water partition coefficient (Wildman–Crippen LogP) is -0.386. The molecule has 1 rings (SSSR count). The van der Waals surface area contributed by atoms with Crippen molar-refractivity contribution in [1.29, 1.82) is 0 Å². The second kappa shape index (κ2) is 2.77. The number of amides is 2. The van der Waals surface area contributed by atoms with Crippen LogP contribution in [0.2, 0.25) is 0 Å². The zero-order valence-electron chi connectivity index (χ0n) is 5.99. The number of hydrogen-bond acceptors (Lipinski definition) is 2. The third-order valence-electron chi connectivity index (χ3n) is 1.83. The highest BCUT2D eigenvalue weighted by Gasteiger charge is 2.32. The first-order valence-electron chi connectivity index (χ1n) is 3.42. The van der Waals surface area contributed by atoms with Crippen LogP contribution in [0, 0.1) is 0 Å². The Morgan fingerprint density at radius 1 is 1.55 bits per heavy atom. The van der Waals surface area contributed by atoms with Crippen LogP contribution in [0.1, 0.15) is 12.8 Å². The van der Waals surface area contributed by atoms with E-state index in [2.05, 4.69) is 0 Å². The number of nitrogens with two attached hydrogens (primary N) is 1. The molecule has 0 aromatic rings. The summed E-state index contributed by atoms with van der Waals surface area (Å²) in [7, 11) is 0. The van der Waals surface area contributed by atoms with Gasteiger partial charge in [0.1, 0.15) is 6.04 Å². The highest BCUT2D eigenvalue weighted by Crippen LogP contribution is 2.16. The van der Waals surface area contributed by atoms with Gasteiger partial charge in [0.15, 0.2) is 0 Å². The molecule has 62 valence electrons. The molecule has 0 bridgehead atoms. The lowest BCUT2D eigenvalue weighted by Crippen LogP contribution is -2.42. The van der Waals surface area contributed by atoms with Gasteiger partial charge < -0.3 is 10.8 Å². The molecule has 0 aromatic carbocycles. The molecule has 0 aliphatic carbocycles. The van der Waals surface area contributed by atoms with Crippen LogP contribution in [0.3, 0.4) is 0 Å². The van der Waals surface area contributed by atoms with E-state index < -0.39 is 18.0 Å². The molecular weight excluding hydrogens is 148 g/mol. The van der Waals surface area contributed by atoms with E-state index in [0.29, 0.717) is 13.0 Å². The van der Waals surface area contributed by atoms with Crippen molar-refractivity contribution in [2.75, 3.05) is 6.54 Å². The second-order valence-electron chi connectivity index (χ2n) is 2.54. The standard InChI is InChI=1S/C6H10N2O3/c7-5(9)4-2-1-3-8(4)6(10)11/h4H,1-3H2,(H2,7,9)(H,10,11)/t4-/m0/s1. The van der Waals surface area contributed by atoms with Crippen LogP contribution in [-0.2, 0) is 4.79 Å². The van der Waals surface area contributed by atoms with Crippen LogP contribution < -0.4 is 5.73 Å².